The number of imide groups is 1. The summed E-state index contributed by atoms with van der Waals surface area (Å²) in [5, 5.41) is 14.1. The van der Waals surface area contributed by atoms with Crippen LogP contribution in [0.2, 0.25) is 0 Å². The molecule has 0 unspecified atom stereocenters. The summed E-state index contributed by atoms with van der Waals surface area (Å²) in [5.74, 6) is -0.254. The number of amides is 3. The fraction of sp³-hybridized carbons (Fsp3) is 0.167. The van der Waals surface area contributed by atoms with Gasteiger partial charge in [-0.05, 0) is 12.1 Å². The van der Waals surface area contributed by atoms with E-state index in [1.807, 2.05) is 0 Å². The van der Waals surface area contributed by atoms with Crippen LogP contribution in [0.1, 0.15) is 0 Å². The molecule has 0 fully saturated rings. The Kier molecular flexibility index (Phi) is 5.79. The quantitative estimate of drug-likeness (QED) is 0.557. The molecule has 1 aromatic carbocycles. The van der Waals surface area contributed by atoms with Crippen LogP contribution in [0.3, 0.4) is 0 Å². The average Bonchev–Trinajstić information content (AvgIpc) is 2.35. The number of rotatable bonds is 5. The van der Waals surface area contributed by atoms with E-state index in [9.17, 15) is 14.7 Å². The van der Waals surface area contributed by atoms with Crippen LogP contribution in [0.4, 0.5) is 4.79 Å². The minimum atomic E-state index is -0.558. The van der Waals surface area contributed by atoms with Gasteiger partial charge in [-0.2, -0.15) is 0 Å². The Balaban J connectivity index is 2.35. The van der Waals surface area contributed by atoms with E-state index >= 15 is 0 Å². The number of para-hydroxylation sites is 1. The molecule has 6 heteroatoms. The molecular weight excluding hydrogens is 252 g/mol. The van der Waals surface area contributed by atoms with Gasteiger partial charge in [-0.25, -0.2) is 4.79 Å². The second-order valence-electron chi connectivity index (χ2n) is 3.30. The van der Waals surface area contributed by atoms with E-state index in [2.05, 4.69) is 17.2 Å². The molecule has 1 rings (SSSR count). The molecule has 0 aliphatic heterocycles. The van der Waals surface area contributed by atoms with Crippen molar-refractivity contribution in [2.75, 3.05) is 12.3 Å². The number of carbonyl (C=O) groups excluding carboxylic acids is 2. The van der Waals surface area contributed by atoms with Crippen molar-refractivity contribution >= 4 is 23.7 Å². The third-order valence-corrected chi connectivity index (χ3v) is 2.95. The Morgan fingerprint density at radius 2 is 2.11 bits per heavy atom. The standard InChI is InChI=1S/C12H14N2O3S/c1-2-7-13-12(17)14-11(16)8-18-10-6-4-3-5-9(10)15/h2-6,15H,1,7-8H2,(H2,13,14,16,17). The number of hydrogen-bond acceptors (Lipinski definition) is 4. The van der Waals surface area contributed by atoms with E-state index < -0.39 is 11.9 Å². The van der Waals surface area contributed by atoms with Crippen molar-refractivity contribution in [3.05, 3.63) is 36.9 Å². The molecule has 0 heterocycles. The predicted octanol–water partition coefficient (Wildman–Crippen LogP) is 1.50. The molecule has 0 saturated heterocycles. The second kappa shape index (κ2) is 7.39. The van der Waals surface area contributed by atoms with Crippen LogP contribution in [0.15, 0.2) is 41.8 Å². The first-order valence-electron chi connectivity index (χ1n) is 5.23. The maximum Gasteiger partial charge on any atom is 0.321 e. The molecular formula is C12H14N2O3S. The summed E-state index contributed by atoms with van der Waals surface area (Å²) >= 11 is 1.16. The Labute approximate surface area is 109 Å². The number of urea groups is 1. The van der Waals surface area contributed by atoms with Gasteiger partial charge in [0.15, 0.2) is 0 Å². The van der Waals surface area contributed by atoms with Crippen molar-refractivity contribution in [1.82, 2.24) is 10.6 Å². The first-order chi connectivity index (χ1) is 8.63. The summed E-state index contributed by atoms with van der Waals surface area (Å²) in [5.41, 5.74) is 0. The first kappa shape index (κ1) is 14.1. The third-order valence-electron chi connectivity index (χ3n) is 1.88. The van der Waals surface area contributed by atoms with Gasteiger partial charge >= 0.3 is 6.03 Å². The van der Waals surface area contributed by atoms with E-state index in [4.69, 9.17) is 0 Å². The highest BCUT2D eigenvalue weighted by atomic mass is 32.2. The maximum absolute atomic E-state index is 11.4. The molecule has 5 nitrogen and oxygen atoms in total. The number of carbonyl (C=O) groups is 2. The molecule has 0 atom stereocenters. The number of phenolic OH excluding ortho intramolecular Hbond substituents is 1. The Morgan fingerprint density at radius 1 is 1.39 bits per heavy atom. The zero-order valence-corrected chi connectivity index (χ0v) is 10.5. The van der Waals surface area contributed by atoms with E-state index in [0.29, 0.717) is 11.4 Å². The van der Waals surface area contributed by atoms with E-state index in [0.717, 1.165) is 11.8 Å². The van der Waals surface area contributed by atoms with Gasteiger partial charge in [0.25, 0.3) is 0 Å². The fourth-order valence-corrected chi connectivity index (χ4v) is 1.84. The SMILES string of the molecule is C=CCNC(=O)NC(=O)CSc1ccccc1O. The van der Waals surface area contributed by atoms with Crippen LogP contribution in [-0.2, 0) is 4.79 Å². The van der Waals surface area contributed by atoms with E-state index in [1.165, 1.54) is 12.1 Å². The lowest BCUT2D eigenvalue weighted by Gasteiger charge is -2.05. The molecule has 3 N–H and O–H groups in total. The van der Waals surface area contributed by atoms with Gasteiger partial charge in [0.2, 0.25) is 5.91 Å². The minimum Gasteiger partial charge on any atom is -0.507 e. The van der Waals surface area contributed by atoms with E-state index in [-0.39, 0.29) is 11.5 Å². The molecule has 0 saturated carbocycles. The predicted molar refractivity (Wildman–Crippen MR) is 70.6 cm³/mol. The van der Waals surface area contributed by atoms with Crippen LogP contribution in [-0.4, -0.2) is 29.3 Å². The van der Waals surface area contributed by atoms with Gasteiger partial charge in [0.05, 0.1) is 5.75 Å². The second-order valence-corrected chi connectivity index (χ2v) is 4.32. The van der Waals surface area contributed by atoms with Crippen molar-refractivity contribution in [1.29, 1.82) is 0 Å². The highest BCUT2D eigenvalue weighted by Gasteiger charge is 2.08. The third kappa shape index (κ3) is 4.92. The molecule has 0 aliphatic carbocycles. The zero-order valence-electron chi connectivity index (χ0n) is 9.68. The van der Waals surface area contributed by atoms with Crippen molar-refractivity contribution in [2.45, 2.75) is 4.90 Å². The Morgan fingerprint density at radius 3 is 2.78 bits per heavy atom. The molecule has 0 spiro atoms. The topological polar surface area (TPSA) is 78.4 Å². The lowest BCUT2D eigenvalue weighted by atomic mass is 10.3. The van der Waals surface area contributed by atoms with Gasteiger partial charge in [0.1, 0.15) is 5.75 Å². The molecule has 96 valence electrons. The van der Waals surface area contributed by atoms with Gasteiger partial charge in [-0.1, -0.05) is 18.2 Å². The highest BCUT2D eigenvalue weighted by Crippen LogP contribution is 2.27. The van der Waals surface area contributed by atoms with Crippen LogP contribution in [0, 0.1) is 0 Å². The molecule has 3 amide bonds. The van der Waals surface area contributed by atoms with Crippen molar-refractivity contribution < 1.29 is 14.7 Å². The summed E-state index contributed by atoms with van der Waals surface area (Å²) in [7, 11) is 0. The summed E-state index contributed by atoms with van der Waals surface area (Å²) < 4.78 is 0. The maximum atomic E-state index is 11.4. The molecule has 0 aliphatic rings. The summed E-state index contributed by atoms with van der Waals surface area (Å²) in [4.78, 5) is 23.1. The first-order valence-corrected chi connectivity index (χ1v) is 6.21. The minimum absolute atomic E-state index is 0.0546. The molecule has 1 aromatic rings. The number of thioether (sulfide) groups is 1. The highest BCUT2D eigenvalue weighted by molar-refractivity contribution is 8.00. The summed E-state index contributed by atoms with van der Waals surface area (Å²) in [6.07, 6.45) is 1.51. The van der Waals surface area contributed by atoms with Crippen molar-refractivity contribution in [3.63, 3.8) is 0 Å². The number of aromatic hydroxyl groups is 1. The number of nitrogens with one attached hydrogen (secondary N) is 2. The number of phenols is 1. The largest absolute Gasteiger partial charge is 0.507 e. The van der Waals surface area contributed by atoms with Gasteiger partial charge in [0, 0.05) is 11.4 Å². The lowest BCUT2D eigenvalue weighted by molar-refractivity contribution is -0.117. The molecule has 0 radical (unpaired) electrons. The molecule has 18 heavy (non-hydrogen) atoms. The Bertz CT molecular complexity index is 449. The van der Waals surface area contributed by atoms with Gasteiger partial charge in [-0.15, -0.1) is 18.3 Å². The smallest absolute Gasteiger partial charge is 0.321 e. The molecule has 0 aromatic heterocycles. The summed E-state index contributed by atoms with van der Waals surface area (Å²) in [6, 6.07) is 6.14. The van der Waals surface area contributed by atoms with Crippen LogP contribution < -0.4 is 10.6 Å². The number of benzene rings is 1. The van der Waals surface area contributed by atoms with Crippen molar-refractivity contribution in [3.8, 4) is 5.75 Å². The fourth-order valence-electron chi connectivity index (χ4n) is 1.09. The summed E-state index contributed by atoms with van der Waals surface area (Å²) in [6.45, 7) is 3.74. The van der Waals surface area contributed by atoms with Crippen LogP contribution >= 0.6 is 11.8 Å². The van der Waals surface area contributed by atoms with E-state index in [1.54, 1.807) is 18.2 Å². The lowest BCUT2D eigenvalue weighted by Crippen LogP contribution is -2.40. The average molecular weight is 266 g/mol. The van der Waals surface area contributed by atoms with Crippen LogP contribution in [0.25, 0.3) is 0 Å². The van der Waals surface area contributed by atoms with Gasteiger partial charge < -0.3 is 10.4 Å². The Hall–Kier alpha value is -1.95. The van der Waals surface area contributed by atoms with Crippen molar-refractivity contribution in [2.24, 2.45) is 0 Å². The van der Waals surface area contributed by atoms with Crippen LogP contribution in [0.5, 0.6) is 5.75 Å². The molecule has 0 bridgehead atoms. The normalized spacial score (nSPS) is 9.56. The zero-order chi connectivity index (χ0) is 13.4. The monoisotopic (exact) mass is 266 g/mol. The van der Waals surface area contributed by atoms with Gasteiger partial charge in [-0.3, -0.25) is 10.1 Å². The number of hydrogen-bond donors (Lipinski definition) is 3.